The van der Waals surface area contributed by atoms with Gasteiger partial charge in [-0.05, 0) is 36.4 Å². The molecular weight excluding hydrogens is 421 g/mol. The molecule has 0 N–H and O–H groups in total. The van der Waals surface area contributed by atoms with Gasteiger partial charge in [0.25, 0.3) is 0 Å². The van der Waals surface area contributed by atoms with Crippen LogP contribution in [0.1, 0.15) is 10.4 Å². The zero-order chi connectivity index (χ0) is 21.2. The second-order valence-electron chi connectivity index (χ2n) is 5.55. The molecule has 1 aromatic heterocycles. The highest BCUT2D eigenvalue weighted by Gasteiger charge is 2.31. The van der Waals surface area contributed by atoms with Crippen LogP contribution >= 0.6 is 11.6 Å². The molecule has 0 aliphatic heterocycles. The Bertz CT molecular complexity index is 1070. The first-order valence-corrected chi connectivity index (χ1v) is 8.19. The Morgan fingerprint density at radius 1 is 1.03 bits per heavy atom. The van der Waals surface area contributed by atoms with Gasteiger partial charge in [0.05, 0.1) is 16.3 Å². The van der Waals surface area contributed by atoms with E-state index in [1.807, 2.05) is 0 Å². The third kappa shape index (κ3) is 4.80. The Balaban J connectivity index is 1.96. The lowest BCUT2D eigenvalue weighted by Gasteiger charge is -2.13. The molecule has 150 valence electrons. The minimum atomic E-state index is -4.90. The van der Waals surface area contributed by atoms with Gasteiger partial charge in [-0.25, -0.2) is 13.8 Å². The lowest BCUT2D eigenvalue weighted by Crippen LogP contribution is -2.17. The maximum absolute atomic E-state index is 14.0. The second-order valence-corrected chi connectivity index (χ2v) is 5.96. The summed E-state index contributed by atoms with van der Waals surface area (Å²) in [6, 6.07) is 8.93. The van der Waals surface area contributed by atoms with E-state index >= 15 is 0 Å². The van der Waals surface area contributed by atoms with Gasteiger partial charge in [0.2, 0.25) is 5.88 Å². The van der Waals surface area contributed by atoms with E-state index in [0.717, 1.165) is 24.3 Å². The molecule has 0 bridgehead atoms. The molecule has 4 nitrogen and oxygen atoms in total. The summed E-state index contributed by atoms with van der Waals surface area (Å²) < 4.78 is 73.5. The molecule has 2 aromatic carbocycles. The van der Waals surface area contributed by atoms with Crippen molar-refractivity contribution in [2.75, 3.05) is 0 Å². The van der Waals surface area contributed by atoms with Crippen molar-refractivity contribution in [1.29, 1.82) is 0 Å². The normalized spacial score (nSPS) is 11.2. The summed E-state index contributed by atoms with van der Waals surface area (Å²) in [5.41, 5.74) is -0.250. The topological polar surface area (TPSA) is 48.4 Å². The minimum absolute atomic E-state index is 0.0317. The van der Waals surface area contributed by atoms with Crippen LogP contribution in [0.4, 0.5) is 22.0 Å². The molecule has 0 spiro atoms. The van der Waals surface area contributed by atoms with Gasteiger partial charge in [-0.2, -0.15) is 0 Å². The van der Waals surface area contributed by atoms with Crippen molar-refractivity contribution in [2.45, 2.75) is 6.36 Å². The average Bonchev–Trinajstić information content (AvgIpc) is 2.65. The lowest BCUT2D eigenvalue weighted by molar-refractivity contribution is -0.274. The Morgan fingerprint density at radius 2 is 1.79 bits per heavy atom. The summed E-state index contributed by atoms with van der Waals surface area (Å²) >= 11 is 5.91. The van der Waals surface area contributed by atoms with Gasteiger partial charge < -0.3 is 9.47 Å². The maximum atomic E-state index is 14.0. The molecule has 0 saturated carbocycles. The highest BCUT2D eigenvalue weighted by molar-refractivity contribution is 6.32. The van der Waals surface area contributed by atoms with Crippen LogP contribution in [0.2, 0.25) is 5.02 Å². The fraction of sp³-hybridized carbons (Fsp3) is 0.0526. The summed E-state index contributed by atoms with van der Waals surface area (Å²) in [4.78, 5) is 15.3. The van der Waals surface area contributed by atoms with Crippen LogP contribution in [0.5, 0.6) is 17.4 Å². The van der Waals surface area contributed by atoms with Crippen LogP contribution in [0.3, 0.4) is 0 Å². The summed E-state index contributed by atoms with van der Waals surface area (Å²) in [6.45, 7) is 0. The second kappa shape index (κ2) is 8.04. The molecule has 0 atom stereocenters. The first-order chi connectivity index (χ1) is 13.7. The Morgan fingerprint density at radius 3 is 2.45 bits per heavy atom. The molecule has 3 rings (SSSR count). The number of ether oxygens (including phenoxy) is 2. The molecule has 0 aliphatic rings. The van der Waals surface area contributed by atoms with E-state index in [-0.39, 0.29) is 33.5 Å². The number of benzene rings is 2. The molecule has 0 unspecified atom stereocenters. The molecule has 0 fully saturated rings. The smallest absolute Gasteiger partial charge is 0.437 e. The van der Waals surface area contributed by atoms with E-state index in [9.17, 15) is 26.7 Å². The molecule has 0 radical (unpaired) electrons. The summed E-state index contributed by atoms with van der Waals surface area (Å²) in [5, 5.41) is -0.257. The molecule has 0 aliphatic carbocycles. The van der Waals surface area contributed by atoms with Crippen molar-refractivity contribution in [2.24, 2.45) is 0 Å². The Kier molecular flexibility index (Phi) is 5.69. The summed E-state index contributed by atoms with van der Waals surface area (Å²) in [7, 11) is 0. The zero-order valence-electron chi connectivity index (χ0n) is 14.1. The molecular formula is C19H9ClF5NO3. The fourth-order valence-corrected chi connectivity index (χ4v) is 2.55. The molecule has 0 amide bonds. The maximum Gasteiger partial charge on any atom is 0.573 e. The highest BCUT2D eigenvalue weighted by atomic mass is 35.5. The number of carbonyl (C=O) groups excluding carboxylic acids is 1. The van der Waals surface area contributed by atoms with Gasteiger partial charge in [0.1, 0.15) is 11.5 Å². The van der Waals surface area contributed by atoms with Crippen LogP contribution < -0.4 is 9.47 Å². The predicted molar refractivity (Wildman–Crippen MR) is 93.2 cm³/mol. The van der Waals surface area contributed by atoms with E-state index in [1.54, 1.807) is 0 Å². The number of pyridine rings is 1. The Hall–Kier alpha value is -3.20. The molecule has 3 aromatic rings. The number of hydrogen-bond donors (Lipinski definition) is 0. The van der Waals surface area contributed by atoms with Crippen molar-refractivity contribution in [3.63, 3.8) is 0 Å². The van der Waals surface area contributed by atoms with E-state index in [4.69, 9.17) is 16.3 Å². The average molecular weight is 430 g/mol. The largest absolute Gasteiger partial charge is 0.573 e. The van der Waals surface area contributed by atoms with Crippen molar-refractivity contribution >= 4 is 17.9 Å². The monoisotopic (exact) mass is 429 g/mol. The van der Waals surface area contributed by atoms with Crippen LogP contribution in [0, 0.1) is 11.6 Å². The first-order valence-electron chi connectivity index (χ1n) is 7.81. The number of rotatable bonds is 5. The molecule has 0 saturated heterocycles. The summed E-state index contributed by atoms with van der Waals surface area (Å²) in [6.07, 6.45) is -4.50. The third-order valence-electron chi connectivity index (χ3n) is 3.59. The van der Waals surface area contributed by atoms with Crippen LogP contribution in [0.15, 0.2) is 48.5 Å². The van der Waals surface area contributed by atoms with Gasteiger partial charge in [0.15, 0.2) is 17.9 Å². The quantitative estimate of drug-likeness (QED) is 0.359. The van der Waals surface area contributed by atoms with Crippen molar-refractivity contribution in [3.05, 3.63) is 70.8 Å². The summed E-state index contributed by atoms with van der Waals surface area (Å²) in [5.74, 6) is -3.23. The standard InChI is InChI=1S/C19H9ClF5NO3/c20-13-8-11(29-19(23,24)25)5-7-16(13)28-18-10(9-27)4-6-15(26-18)12-2-1-3-14(21)17(12)22/h1-9H. The van der Waals surface area contributed by atoms with E-state index < -0.39 is 23.7 Å². The van der Waals surface area contributed by atoms with E-state index in [0.29, 0.717) is 6.29 Å². The van der Waals surface area contributed by atoms with Crippen LogP contribution in [0.25, 0.3) is 11.3 Å². The third-order valence-corrected chi connectivity index (χ3v) is 3.88. The number of hydrogen-bond acceptors (Lipinski definition) is 4. The van der Waals surface area contributed by atoms with Gasteiger partial charge in [0, 0.05) is 11.6 Å². The number of halogens is 6. The van der Waals surface area contributed by atoms with Crippen molar-refractivity contribution in [3.8, 4) is 28.6 Å². The van der Waals surface area contributed by atoms with Crippen molar-refractivity contribution < 1.29 is 36.2 Å². The van der Waals surface area contributed by atoms with Gasteiger partial charge >= 0.3 is 6.36 Å². The molecule has 29 heavy (non-hydrogen) atoms. The van der Waals surface area contributed by atoms with Crippen LogP contribution in [-0.2, 0) is 0 Å². The number of nitrogens with zero attached hydrogens (tertiary/aromatic N) is 1. The zero-order valence-corrected chi connectivity index (χ0v) is 14.9. The highest BCUT2D eigenvalue weighted by Crippen LogP contribution is 2.35. The minimum Gasteiger partial charge on any atom is -0.437 e. The molecule has 1 heterocycles. The molecule has 10 heteroatoms. The van der Waals surface area contributed by atoms with E-state index in [1.165, 1.54) is 24.3 Å². The van der Waals surface area contributed by atoms with Gasteiger partial charge in [-0.1, -0.05) is 17.7 Å². The predicted octanol–water partition coefficient (Wildman–Crippen LogP) is 6.18. The number of aldehydes is 1. The van der Waals surface area contributed by atoms with Crippen molar-refractivity contribution in [1.82, 2.24) is 4.98 Å². The SMILES string of the molecule is O=Cc1ccc(-c2cccc(F)c2F)nc1Oc1ccc(OC(F)(F)F)cc1Cl. The number of carbonyl (C=O) groups is 1. The van der Waals surface area contributed by atoms with Gasteiger partial charge in [-0.3, -0.25) is 4.79 Å². The number of alkyl halides is 3. The Labute approximate surface area is 165 Å². The number of aromatic nitrogens is 1. The van der Waals surface area contributed by atoms with Crippen LogP contribution in [-0.4, -0.2) is 17.6 Å². The first kappa shape index (κ1) is 20.5. The van der Waals surface area contributed by atoms with E-state index in [2.05, 4.69) is 9.72 Å². The fourth-order valence-electron chi connectivity index (χ4n) is 2.34. The van der Waals surface area contributed by atoms with Gasteiger partial charge in [-0.15, -0.1) is 13.2 Å². The lowest BCUT2D eigenvalue weighted by atomic mass is 10.1.